The zero-order valence-electron chi connectivity index (χ0n) is 12.5. The van der Waals surface area contributed by atoms with E-state index >= 15 is 0 Å². The lowest BCUT2D eigenvalue weighted by Crippen LogP contribution is -2.27. The maximum atomic E-state index is 11.8. The van der Waals surface area contributed by atoms with Crippen LogP contribution >= 0.6 is 0 Å². The minimum Gasteiger partial charge on any atom is -0.616 e. The van der Waals surface area contributed by atoms with Crippen molar-refractivity contribution < 1.29 is 14.4 Å². The van der Waals surface area contributed by atoms with Crippen molar-refractivity contribution in [3.8, 4) is 11.6 Å². The van der Waals surface area contributed by atoms with Gasteiger partial charge in [-0.2, -0.15) is 0 Å². The van der Waals surface area contributed by atoms with Crippen molar-refractivity contribution in [1.29, 1.82) is 0 Å². The third-order valence-corrected chi connectivity index (χ3v) is 3.36. The number of rotatable bonds is 5. The van der Waals surface area contributed by atoms with Crippen molar-refractivity contribution in [2.75, 3.05) is 0 Å². The third kappa shape index (κ3) is 3.46. The van der Waals surface area contributed by atoms with Gasteiger partial charge >= 0.3 is 5.88 Å². The SMILES string of the molecule is O=[N+]([O-])c1cc[n+]([O-])c(Oc2cccnc2Cc2ccccc2)c1. The summed E-state index contributed by atoms with van der Waals surface area (Å²) in [5.74, 6) is 0.206. The lowest BCUT2D eigenvalue weighted by Gasteiger charge is -2.09. The topological polar surface area (TPSA) is 92.2 Å². The molecule has 0 radical (unpaired) electrons. The van der Waals surface area contributed by atoms with Crippen molar-refractivity contribution in [1.82, 2.24) is 4.98 Å². The smallest absolute Gasteiger partial charge is 0.391 e. The first-order valence-corrected chi connectivity index (χ1v) is 7.17. The molecule has 2 heterocycles. The van der Waals surface area contributed by atoms with Gasteiger partial charge in [0.05, 0.1) is 16.7 Å². The summed E-state index contributed by atoms with van der Waals surface area (Å²) in [5.41, 5.74) is 1.45. The molecule has 0 saturated carbocycles. The first kappa shape index (κ1) is 15.4. The molecule has 0 aliphatic rings. The van der Waals surface area contributed by atoms with Crippen LogP contribution in [0, 0.1) is 15.3 Å². The van der Waals surface area contributed by atoms with Gasteiger partial charge in [-0.3, -0.25) is 15.1 Å². The van der Waals surface area contributed by atoms with Crippen LogP contribution in [-0.2, 0) is 6.42 Å². The molecule has 3 aromatic rings. The Bertz CT molecular complexity index is 869. The average molecular weight is 323 g/mol. The summed E-state index contributed by atoms with van der Waals surface area (Å²) >= 11 is 0. The highest BCUT2D eigenvalue weighted by molar-refractivity contribution is 5.36. The molecule has 120 valence electrons. The summed E-state index contributed by atoms with van der Waals surface area (Å²) in [6, 6.07) is 15.2. The highest BCUT2D eigenvalue weighted by atomic mass is 16.6. The fraction of sp³-hybridized carbons (Fsp3) is 0.0588. The van der Waals surface area contributed by atoms with Crippen LogP contribution in [0.1, 0.15) is 11.3 Å². The first-order valence-electron chi connectivity index (χ1n) is 7.17. The average Bonchev–Trinajstić information content (AvgIpc) is 2.59. The molecule has 2 aromatic heterocycles. The quantitative estimate of drug-likeness (QED) is 0.311. The second-order valence-electron chi connectivity index (χ2n) is 5.02. The first-order chi connectivity index (χ1) is 11.6. The molecule has 0 N–H and O–H groups in total. The Balaban J connectivity index is 1.91. The van der Waals surface area contributed by atoms with Crippen molar-refractivity contribution in [2.24, 2.45) is 0 Å². The van der Waals surface area contributed by atoms with E-state index < -0.39 is 4.92 Å². The Morgan fingerprint density at radius 3 is 2.67 bits per heavy atom. The van der Waals surface area contributed by atoms with Crippen LogP contribution < -0.4 is 9.47 Å². The molecule has 1 aromatic carbocycles. The van der Waals surface area contributed by atoms with Crippen LogP contribution in [0.15, 0.2) is 67.0 Å². The second kappa shape index (κ2) is 6.74. The molecule has 0 amide bonds. The Morgan fingerprint density at radius 2 is 1.92 bits per heavy atom. The summed E-state index contributed by atoms with van der Waals surface area (Å²) < 4.78 is 6.02. The van der Waals surface area contributed by atoms with E-state index in [1.165, 1.54) is 0 Å². The number of ether oxygens (including phenoxy) is 1. The third-order valence-electron chi connectivity index (χ3n) is 3.36. The number of aromatic nitrogens is 2. The van der Waals surface area contributed by atoms with Crippen molar-refractivity contribution >= 4 is 5.69 Å². The predicted octanol–water partition coefficient (Wildman–Crippen LogP) is 3.01. The fourth-order valence-corrected chi connectivity index (χ4v) is 2.19. The maximum absolute atomic E-state index is 11.8. The molecular formula is C17H13N3O4. The number of nitro groups is 1. The molecule has 0 aliphatic heterocycles. The van der Waals surface area contributed by atoms with Gasteiger partial charge < -0.3 is 9.94 Å². The normalized spacial score (nSPS) is 10.3. The lowest BCUT2D eigenvalue weighted by molar-refractivity contribution is -0.611. The molecule has 0 bridgehead atoms. The summed E-state index contributed by atoms with van der Waals surface area (Å²) in [6.45, 7) is 0. The van der Waals surface area contributed by atoms with Gasteiger partial charge in [0.2, 0.25) is 0 Å². The molecule has 0 saturated heterocycles. The van der Waals surface area contributed by atoms with Crippen LogP contribution in [0.2, 0.25) is 0 Å². The largest absolute Gasteiger partial charge is 0.616 e. The van der Waals surface area contributed by atoms with Gasteiger partial charge in [-0.1, -0.05) is 30.3 Å². The monoisotopic (exact) mass is 323 g/mol. The lowest BCUT2D eigenvalue weighted by atomic mass is 10.1. The zero-order chi connectivity index (χ0) is 16.9. The molecule has 0 fully saturated rings. The molecular weight excluding hydrogens is 310 g/mol. The van der Waals surface area contributed by atoms with Crippen LogP contribution in [0.3, 0.4) is 0 Å². The molecule has 24 heavy (non-hydrogen) atoms. The van der Waals surface area contributed by atoms with Crippen LogP contribution in [0.5, 0.6) is 11.6 Å². The van der Waals surface area contributed by atoms with E-state index in [9.17, 15) is 15.3 Å². The van der Waals surface area contributed by atoms with E-state index in [-0.39, 0.29) is 11.6 Å². The predicted molar refractivity (Wildman–Crippen MR) is 85.6 cm³/mol. The van der Waals surface area contributed by atoms with Gasteiger partial charge in [0, 0.05) is 12.6 Å². The standard InChI is InChI=1S/C17H13N3O4/c21-19-10-8-14(20(22)23)12-17(19)24-16-7-4-9-18-15(16)11-13-5-2-1-3-6-13/h1-10,12H,11H2. The highest BCUT2D eigenvalue weighted by Crippen LogP contribution is 2.25. The van der Waals surface area contributed by atoms with Crippen LogP contribution in [0.25, 0.3) is 0 Å². The molecule has 0 aliphatic carbocycles. The molecule has 7 heteroatoms. The van der Waals surface area contributed by atoms with E-state index in [0.717, 1.165) is 23.9 Å². The molecule has 3 rings (SSSR count). The minimum absolute atomic E-state index is 0.175. The number of nitrogens with zero attached hydrogens (tertiary/aromatic N) is 3. The van der Waals surface area contributed by atoms with E-state index in [0.29, 0.717) is 22.6 Å². The van der Waals surface area contributed by atoms with Crippen molar-refractivity contribution in [3.05, 3.63) is 93.6 Å². The molecule has 7 nitrogen and oxygen atoms in total. The van der Waals surface area contributed by atoms with Gasteiger partial charge in [0.25, 0.3) is 5.69 Å². The van der Waals surface area contributed by atoms with Crippen molar-refractivity contribution in [2.45, 2.75) is 6.42 Å². The highest BCUT2D eigenvalue weighted by Gasteiger charge is 2.17. The molecule has 0 unspecified atom stereocenters. The van der Waals surface area contributed by atoms with E-state index in [1.807, 2.05) is 30.3 Å². The van der Waals surface area contributed by atoms with Gasteiger partial charge in [0.15, 0.2) is 11.9 Å². The second-order valence-corrected chi connectivity index (χ2v) is 5.02. The number of benzene rings is 1. The van der Waals surface area contributed by atoms with Gasteiger partial charge in [-0.15, -0.1) is 4.73 Å². The van der Waals surface area contributed by atoms with Crippen LogP contribution in [-0.4, -0.2) is 9.91 Å². The van der Waals surface area contributed by atoms with Crippen molar-refractivity contribution in [3.63, 3.8) is 0 Å². The van der Waals surface area contributed by atoms with E-state index in [4.69, 9.17) is 4.74 Å². The Kier molecular flexibility index (Phi) is 4.33. The van der Waals surface area contributed by atoms with Gasteiger partial charge in [0.1, 0.15) is 6.07 Å². The zero-order valence-corrected chi connectivity index (χ0v) is 12.5. The minimum atomic E-state index is -0.582. The van der Waals surface area contributed by atoms with Gasteiger partial charge in [-0.25, -0.2) is 0 Å². The molecule has 0 atom stereocenters. The maximum Gasteiger partial charge on any atom is 0.391 e. The number of hydrogen-bond donors (Lipinski definition) is 0. The summed E-state index contributed by atoms with van der Waals surface area (Å²) in [5, 5.41) is 22.7. The summed E-state index contributed by atoms with van der Waals surface area (Å²) in [7, 11) is 0. The summed E-state index contributed by atoms with van der Waals surface area (Å²) in [4.78, 5) is 14.6. The van der Waals surface area contributed by atoms with E-state index in [1.54, 1.807) is 18.3 Å². The Hall–Kier alpha value is -3.48. The Labute approximate surface area is 137 Å². The van der Waals surface area contributed by atoms with Gasteiger partial charge in [-0.05, 0) is 17.7 Å². The fourth-order valence-electron chi connectivity index (χ4n) is 2.19. The summed E-state index contributed by atoms with van der Waals surface area (Å²) in [6.07, 6.45) is 3.19. The van der Waals surface area contributed by atoms with Crippen LogP contribution in [0.4, 0.5) is 5.69 Å². The molecule has 0 spiro atoms. The number of hydrogen-bond acceptors (Lipinski definition) is 5. The van der Waals surface area contributed by atoms with E-state index in [2.05, 4.69) is 4.98 Å². The number of pyridine rings is 2. The Morgan fingerprint density at radius 1 is 1.12 bits per heavy atom.